The number of rotatable bonds is 1. The van der Waals surface area contributed by atoms with E-state index in [4.69, 9.17) is 5.11 Å². The van der Waals surface area contributed by atoms with Gasteiger partial charge in [0.1, 0.15) is 0 Å². The third-order valence-corrected chi connectivity index (χ3v) is 1.94. The van der Waals surface area contributed by atoms with Crippen LogP contribution < -0.4 is 5.32 Å². The molecule has 1 heterocycles. The highest BCUT2D eigenvalue weighted by molar-refractivity contribution is 9.11. The highest BCUT2D eigenvalue weighted by atomic mass is 79.9. The van der Waals surface area contributed by atoms with Crippen LogP contribution in [-0.4, -0.2) is 17.1 Å². The van der Waals surface area contributed by atoms with Crippen molar-refractivity contribution in [2.45, 2.75) is 13.0 Å². The van der Waals surface area contributed by atoms with Crippen molar-refractivity contribution in [2.75, 3.05) is 0 Å². The number of dihydropyridines is 1. The second-order valence-corrected chi connectivity index (χ2v) is 3.24. The van der Waals surface area contributed by atoms with E-state index < -0.39 is 5.97 Å². The summed E-state index contributed by atoms with van der Waals surface area (Å²) in [5, 5.41) is 11.6. The van der Waals surface area contributed by atoms with Gasteiger partial charge in [0.15, 0.2) is 0 Å². The van der Waals surface area contributed by atoms with E-state index in [9.17, 15) is 4.79 Å². The maximum atomic E-state index is 10.6. The van der Waals surface area contributed by atoms with Crippen molar-refractivity contribution < 1.29 is 9.90 Å². The lowest BCUT2D eigenvalue weighted by molar-refractivity contribution is -0.133. The Hall–Kier alpha value is -0.770. The van der Waals surface area contributed by atoms with Crippen LogP contribution in [0.5, 0.6) is 0 Å². The minimum absolute atomic E-state index is 0.117. The molecule has 0 fully saturated rings. The Labute approximate surface area is 72.9 Å². The molecule has 0 spiro atoms. The van der Waals surface area contributed by atoms with E-state index in [-0.39, 0.29) is 6.04 Å². The lowest BCUT2D eigenvalue weighted by Gasteiger charge is -2.16. The number of aliphatic carboxylic acids is 1. The largest absolute Gasteiger partial charge is 0.478 e. The molecule has 0 saturated heterocycles. The molecule has 1 rings (SSSR count). The van der Waals surface area contributed by atoms with Gasteiger partial charge in [0, 0.05) is 10.7 Å². The number of nitrogens with one attached hydrogen (secondary N) is 1. The van der Waals surface area contributed by atoms with Gasteiger partial charge in [0.05, 0.1) is 11.6 Å². The molecule has 4 heteroatoms. The van der Waals surface area contributed by atoms with Crippen molar-refractivity contribution in [3.63, 3.8) is 0 Å². The molecule has 1 aliphatic heterocycles. The minimum Gasteiger partial charge on any atom is -0.478 e. The molecule has 1 aliphatic rings. The molecule has 0 saturated carbocycles. The molecule has 0 aromatic carbocycles. The summed E-state index contributed by atoms with van der Waals surface area (Å²) < 4.78 is 0.757. The highest BCUT2D eigenvalue weighted by Crippen LogP contribution is 2.16. The van der Waals surface area contributed by atoms with Crippen molar-refractivity contribution >= 4 is 21.9 Å². The number of allylic oxidation sites excluding steroid dienone is 2. The molecule has 0 radical (unpaired) electrons. The molecule has 0 aromatic heterocycles. The zero-order chi connectivity index (χ0) is 8.43. The van der Waals surface area contributed by atoms with E-state index in [1.807, 2.05) is 0 Å². The third-order valence-electron chi connectivity index (χ3n) is 1.48. The lowest BCUT2D eigenvalue weighted by atomic mass is 10.1. The van der Waals surface area contributed by atoms with Crippen LogP contribution in [0.2, 0.25) is 0 Å². The van der Waals surface area contributed by atoms with Crippen molar-refractivity contribution in [1.29, 1.82) is 0 Å². The molecule has 1 atom stereocenters. The van der Waals surface area contributed by atoms with Gasteiger partial charge in [0.25, 0.3) is 0 Å². The van der Waals surface area contributed by atoms with Gasteiger partial charge in [-0.1, -0.05) is 0 Å². The second kappa shape index (κ2) is 3.09. The number of hydrogen-bond acceptors (Lipinski definition) is 2. The molecule has 0 amide bonds. The van der Waals surface area contributed by atoms with Gasteiger partial charge >= 0.3 is 5.97 Å². The number of carbonyl (C=O) groups is 1. The molecule has 3 nitrogen and oxygen atoms in total. The van der Waals surface area contributed by atoms with Gasteiger partial charge in [-0.05, 0) is 28.9 Å². The first-order chi connectivity index (χ1) is 5.11. The van der Waals surface area contributed by atoms with Gasteiger partial charge in [-0.3, -0.25) is 0 Å². The van der Waals surface area contributed by atoms with Crippen LogP contribution in [0.3, 0.4) is 0 Å². The van der Waals surface area contributed by atoms with E-state index in [2.05, 4.69) is 21.2 Å². The molecule has 0 aliphatic carbocycles. The van der Waals surface area contributed by atoms with Gasteiger partial charge < -0.3 is 10.4 Å². The fraction of sp³-hybridized carbons (Fsp3) is 0.286. The predicted molar refractivity (Wildman–Crippen MR) is 45.3 cm³/mol. The topological polar surface area (TPSA) is 49.3 Å². The summed E-state index contributed by atoms with van der Waals surface area (Å²) in [4.78, 5) is 10.6. The Morgan fingerprint density at radius 1 is 1.82 bits per heavy atom. The van der Waals surface area contributed by atoms with Gasteiger partial charge in [-0.2, -0.15) is 0 Å². The van der Waals surface area contributed by atoms with E-state index in [1.54, 1.807) is 19.2 Å². The van der Waals surface area contributed by atoms with Gasteiger partial charge in [-0.15, -0.1) is 0 Å². The summed E-state index contributed by atoms with van der Waals surface area (Å²) in [5.41, 5.74) is 0.374. The van der Waals surface area contributed by atoms with Crippen LogP contribution in [0, 0.1) is 0 Å². The predicted octanol–water partition coefficient (Wildman–Crippen LogP) is 1.23. The maximum Gasteiger partial charge on any atom is 0.333 e. The summed E-state index contributed by atoms with van der Waals surface area (Å²) in [6.07, 6.45) is 3.33. The van der Waals surface area contributed by atoms with Crippen molar-refractivity contribution in [3.8, 4) is 0 Å². The number of carboxylic acid groups (broad SMARTS) is 1. The first-order valence-corrected chi connectivity index (χ1v) is 3.97. The first kappa shape index (κ1) is 8.33. The molecular formula is C7H8BrNO2. The molecule has 1 unspecified atom stereocenters. The van der Waals surface area contributed by atoms with E-state index in [1.165, 1.54) is 0 Å². The van der Waals surface area contributed by atoms with Crippen molar-refractivity contribution in [2.24, 2.45) is 0 Å². The Kier molecular flexibility index (Phi) is 2.34. The Bertz CT molecular complexity index is 245. The SMILES string of the molecule is CC1NC=C(Br)C=C1C(=O)O. The number of halogens is 1. The normalized spacial score (nSPS) is 23.3. The summed E-state index contributed by atoms with van der Waals surface area (Å²) in [6.45, 7) is 1.80. The van der Waals surface area contributed by atoms with Gasteiger partial charge in [-0.25, -0.2) is 4.79 Å². The van der Waals surface area contributed by atoms with Crippen LogP contribution in [-0.2, 0) is 4.79 Å². The molecular weight excluding hydrogens is 210 g/mol. The average molecular weight is 218 g/mol. The minimum atomic E-state index is -0.880. The van der Waals surface area contributed by atoms with Crippen molar-refractivity contribution in [1.82, 2.24) is 5.32 Å². The van der Waals surface area contributed by atoms with Crippen LogP contribution in [0.4, 0.5) is 0 Å². The Morgan fingerprint density at radius 2 is 2.45 bits per heavy atom. The highest BCUT2D eigenvalue weighted by Gasteiger charge is 2.17. The summed E-state index contributed by atoms with van der Waals surface area (Å²) in [5.74, 6) is -0.880. The maximum absolute atomic E-state index is 10.6. The molecule has 2 N–H and O–H groups in total. The van der Waals surface area contributed by atoms with Crippen LogP contribution in [0.25, 0.3) is 0 Å². The summed E-state index contributed by atoms with van der Waals surface area (Å²) in [7, 11) is 0. The zero-order valence-electron chi connectivity index (χ0n) is 5.97. The van der Waals surface area contributed by atoms with Crippen LogP contribution >= 0.6 is 15.9 Å². The average Bonchev–Trinajstić information content (AvgIpc) is 1.94. The van der Waals surface area contributed by atoms with Gasteiger partial charge in [0.2, 0.25) is 0 Å². The fourth-order valence-electron chi connectivity index (χ4n) is 0.857. The molecule has 60 valence electrons. The van der Waals surface area contributed by atoms with Crippen LogP contribution in [0.15, 0.2) is 22.3 Å². The zero-order valence-corrected chi connectivity index (χ0v) is 7.55. The monoisotopic (exact) mass is 217 g/mol. The first-order valence-electron chi connectivity index (χ1n) is 3.18. The van der Waals surface area contributed by atoms with Crippen LogP contribution in [0.1, 0.15) is 6.92 Å². The van der Waals surface area contributed by atoms with E-state index in [0.717, 1.165) is 4.48 Å². The fourth-order valence-corrected chi connectivity index (χ4v) is 1.24. The quantitative estimate of drug-likeness (QED) is 0.695. The number of hydrogen-bond donors (Lipinski definition) is 2. The summed E-state index contributed by atoms with van der Waals surface area (Å²) in [6, 6.07) is -0.117. The molecule has 0 bridgehead atoms. The Morgan fingerprint density at radius 3 is 2.91 bits per heavy atom. The smallest absolute Gasteiger partial charge is 0.333 e. The van der Waals surface area contributed by atoms with E-state index in [0.29, 0.717) is 5.57 Å². The number of carboxylic acids is 1. The third kappa shape index (κ3) is 1.83. The van der Waals surface area contributed by atoms with Crippen molar-refractivity contribution in [3.05, 3.63) is 22.3 Å². The summed E-state index contributed by atoms with van der Waals surface area (Å²) >= 11 is 3.18. The van der Waals surface area contributed by atoms with E-state index >= 15 is 0 Å². The molecule has 0 aromatic rings. The lowest BCUT2D eigenvalue weighted by Crippen LogP contribution is -2.29. The second-order valence-electron chi connectivity index (χ2n) is 2.32. The standard InChI is InChI=1S/C7H8BrNO2/c1-4-6(7(10)11)2-5(8)3-9-4/h2-4,9H,1H3,(H,10,11). The Balaban J connectivity index is 2.90. The molecule has 11 heavy (non-hydrogen) atoms.